The van der Waals surface area contributed by atoms with Crippen LogP contribution in [0.1, 0.15) is 11.3 Å². The fraction of sp³-hybridized carbons (Fsp3) is 0.200. The number of fused-ring (bicyclic) bond motifs is 1. The zero-order valence-corrected chi connectivity index (χ0v) is 7.31. The fourth-order valence-electron chi connectivity index (χ4n) is 1.45. The van der Waals surface area contributed by atoms with Gasteiger partial charge in [0.15, 0.2) is 0 Å². The Balaban J connectivity index is 2.83. The maximum Gasteiger partial charge on any atom is 0.114 e. The molecule has 0 aliphatic heterocycles. The first-order valence-electron chi connectivity index (χ1n) is 4.02. The summed E-state index contributed by atoms with van der Waals surface area (Å²) in [5.74, 6) is 0. The van der Waals surface area contributed by atoms with Crippen LogP contribution in [0.15, 0.2) is 18.2 Å². The molecule has 0 amide bonds. The summed E-state index contributed by atoms with van der Waals surface area (Å²) in [6.45, 7) is 4.07. The molecule has 58 valence electrons. The quantitative estimate of drug-likeness (QED) is 0.556. The second kappa shape index (κ2) is 2.41. The molecule has 0 aliphatic carbocycles. The van der Waals surface area contributed by atoms with Crippen LogP contribution in [0, 0.1) is 13.8 Å². The molecule has 0 unspecified atom stereocenters. The molecular weight excluding hydrogens is 145 g/mol. The van der Waals surface area contributed by atoms with Crippen molar-refractivity contribution in [2.24, 2.45) is 0 Å². The van der Waals surface area contributed by atoms with Gasteiger partial charge in [-0.1, -0.05) is 17.1 Å². The zero-order chi connectivity index (χ0) is 8.72. The van der Waals surface area contributed by atoms with Gasteiger partial charge in [0.05, 0.1) is 0 Å². The van der Waals surface area contributed by atoms with Crippen molar-refractivity contribution in [1.29, 1.82) is 0 Å². The minimum absolute atomic E-state index is 0.863. The molecular formula is C10H10BN. The predicted octanol–water partition coefficient (Wildman–Crippen LogP) is 1.58. The van der Waals surface area contributed by atoms with E-state index in [1.54, 1.807) is 0 Å². The summed E-state index contributed by atoms with van der Waals surface area (Å²) in [6, 6.07) is 6.19. The molecule has 0 saturated carbocycles. The number of hydrogen-bond donors (Lipinski definition) is 1. The van der Waals surface area contributed by atoms with Crippen LogP contribution in [0.3, 0.4) is 0 Å². The number of aromatic amines is 1. The first-order valence-corrected chi connectivity index (χ1v) is 4.02. The van der Waals surface area contributed by atoms with Crippen LogP contribution in [0.2, 0.25) is 0 Å². The third kappa shape index (κ3) is 1.04. The monoisotopic (exact) mass is 155 g/mol. The molecule has 1 heterocycles. The standard InChI is InChI=1S/C10H10BN/c1-6-3-10-8(5-9(6)11)4-7(2)12-10/h3-5,12H,1-2H3. The van der Waals surface area contributed by atoms with Gasteiger partial charge in [0.2, 0.25) is 0 Å². The van der Waals surface area contributed by atoms with E-state index in [2.05, 4.69) is 17.1 Å². The molecule has 2 aromatic rings. The lowest BCUT2D eigenvalue weighted by atomic mass is 9.90. The summed E-state index contributed by atoms with van der Waals surface area (Å²) in [6.07, 6.45) is 0. The van der Waals surface area contributed by atoms with E-state index < -0.39 is 0 Å². The highest BCUT2D eigenvalue weighted by molar-refractivity contribution is 6.34. The summed E-state index contributed by atoms with van der Waals surface area (Å²) in [4.78, 5) is 3.27. The van der Waals surface area contributed by atoms with E-state index in [1.165, 1.54) is 16.6 Å². The average Bonchev–Trinajstić information content (AvgIpc) is 2.30. The van der Waals surface area contributed by atoms with Crippen LogP contribution in [-0.2, 0) is 0 Å². The van der Waals surface area contributed by atoms with E-state index in [4.69, 9.17) is 7.85 Å². The molecule has 0 bridgehead atoms. The Morgan fingerprint density at radius 1 is 1.17 bits per heavy atom. The second-order valence-electron chi connectivity index (χ2n) is 3.25. The molecule has 0 atom stereocenters. The average molecular weight is 155 g/mol. The van der Waals surface area contributed by atoms with E-state index in [-0.39, 0.29) is 0 Å². The third-order valence-electron chi connectivity index (χ3n) is 2.14. The summed E-state index contributed by atoms with van der Waals surface area (Å²) in [7, 11) is 5.78. The minimum Gasteiger partial charge on any atom is -0.359 e. The SMILES string of the molecule is [B]c1cc2cc(C)[nH]c2cc1C. The number of benzene rings is 1. The van der Waals surface area contributed by atoms with Gasteiger partial charge in [-0.05, 0) is 31.4 Å². The number of aromatic nitrogens is 1. The Morgan fingerprint density at radius 2 is 1.92 bits per heavy atom. The van der Waals surface area contributed by atoms with Gasteiger partial charge in [0, 0.05) is 11.2 Å². The van der Waals surface area contributed by atoms with Gasteiger partial charge in [-0.25, -0.2) is 0 Å². The molecule has 0 aliphatic rings. The molecule has 1 nitrogen and oxygen atoms in total. The van der Waals surface area contributed by atoms with Crippen molar-refractivity contribution in [1.82, 2.24) is 4.98 Å². The number of aryl methyl sites for hydroxylation is 2. The van der Waals surface area contributed by atoms with Crippen LogP contribution in [0.25, 0.3) is 10.9 Å². The van der Waals surface area contributed by atoms with E-state index >= 15 is 0 Å². The van der Waals surface area contributed by atoms with Crippen molar-refractivity contribution in [2.75, 3.05) is 0 Å². The van der Waals surface area contributed by atoms with Gasteiger partial charge >= 0.3 is 0 Å². The third-order valence-corrected chi connectivity index (χ3v) is 2.14. The Labute approximate surface area is 73.2 Å². The molecule has 0 spiro atoms. The number of H-pyrrole nitrogens is 1. The molecule has 0 fully saturated rings. The lowest BCUT2D eigenvalue weighted by Gasteiger charge is -1.98. The smallest absolute Gasteiger partial charge is 0.114 e. The van der Waals surface area contributed by atoms with Crippen LogP contribution < -0.4 is 5.46 Å². The molecule has 1 aromatic heterocycles. The van der Waals surface area contributed by atoms with Crippen LogP contribution >= 0.6 is 0 Å². The highest BCUT2D eigenvalue weighted by Crippen LogP contribution is 2.14. The van der Waals surface area contributed by atoms with Gasteiger partial charge in [-0.15, -0.1) is 0 Å². The highest BCUT2D eigenvalue weighted by Gasteiger charge is 1.99. The molecule has 2 heteroatoms. The maximum absolute atomic E-state index is 5.78. The molecule has 12 heavy (non-hydrogen) atoms. The summed E-state index contributed by atoms with van der Waals surface area (Å²) in [5, 5.41) is 1.19. The van der Waals surface area contributed by atoms with Crippen LogP contribution in [-0.4, -0.2) is 12.8 Å². The largest absolute Gasteiger partial charge is 0.359 e. The second-order valence-corrected chi connectivity index (χ2v) is 3.25. The number of hydrogen-bond acceptors (Lipinski definition) is 0. The van der Waals surface area contributed by atoms with Crippen LogP contribution in [0.5, 0.6) is 0 Å². The lowest BCUT2D eigenvalue weighted by Crippen LogP contribution is -2.05. The van der Waals surface area contributed by atoms with E-state index in [9.17, 15) is 0 Å². The molecule has 1 N–H and O–H groups in total. The van der Waals surface area contributed by atoms with Crippen molar-refractivity contribution in [2.45, 2.75) is 13.8 Å². The topological polar surface area (TPSA) is 15.8 Å². The zero-order valence-electron chi connectivity index (χ0n) is 7.31. The minimum atomic E-state index is 0.863. The van der Waals surface area contributed by atoms with Gasteiger partial charge < -0.3 is 4.98 Å². The van der Waals surface area contributed by atoms with Gasteiger partial charge in [0.25, 0.3) is 0 Å². The molecule has 0 saturated heterocycles. The van der Waals surface area contributed by atoms with Crippen molar-refractivity contribution >= 4 is 24.2 Å². The normalized spacial score (nSPS) is 10.8. The van der Waals surface area contributed by atoms with Crippen molar-refractivity contribution in [3.8, 4) is 0 Å². The van der Waals surface area contributed by atoms with E-state index in [0.717, 1.165) is 11.0 Å². The van der Waals surface area contributed by atoms with Crippen LogP contribution in [0.4, 0.5) is 0 Å². The van der Waals surface area contributed by atoms with Crippen molar-refractivity contribution in [3.05, 3.63) is 29.5 Å². The van der Waals surface area contributed by atoms with Gasteiger partial charge in [-0.3, -0.25) is 0 Å². The molecule has 2 rings (SSSR count). The Bertz CT molecular complexity index is 390. The van der Waals surface area contributed by atoms with E-state index in [0.29, 0.717) is 0 Å². The summed E-state index contributed by atoms with van der Waals surface area (Å²) < 4.78 is 0. The predicted molar refractivity (Wildman–Crippen MR) is 53.2 cm³/mol. The maximum atomic E-state index is 5.78. The Kier molecular flexibility index (Phi) is 1.50. The Morgan fingerprint density at radius 3 is 2.67 bits per heavy atom. The molecule has 1 aromatic carbocycles. The fourth-order valence-corrected chi connectivity index (χ4v) is 1.45. The molecule has 2 radical (unpaired) electrons. The first-order chi connectivity index (χ1) is 5.66. The number of nitrogens with one attached hydrogen (secondary N) is 1. The Hall–Kier alpha value is -1.18. The van der Waals surface area contributed by atoms with E-state index in [1.807, 2.05) is 19.9 Å². The van der Waals surface area contributed by atoms with Gasteiger partial charge in [0.1, 0.15) is 7.85 Å². The summed E-state index contributed by atoms with van der Waals surface area (Å²) in [5.41, 5.74) is 4.33. The van der Waals surface area contributed by atoms with Crippen molar-refractivity contribution in [3.63, 3.8) is 0 Å². The van der Waals surface area contributed by atoms with Gasteiger partial charge in [-0.2, -0.15) is 0 Å². The highest BCUT2D eigenvalue weighted by atomic mass is 14.7. The summed E-state index contributed by atoms with van der Waals surface area (Å²) >= 11 is 0. The number of rotatable bonds is 0. The van der Waals surface area contributed by atoms with Crippen molar-refractivity contribution < 1.29 is 0 Å². The first kappa shape index (κ1) is 7.47. The lowest BCUT2D eigenvalue weighted by molar-refractivity contribution is 1.30.